The molecule has 0 atom stereocenters. The van der Waals surface area contributed by atoms with E-state index in [0.29, 0.717) is 18.2 Å². The van der Waals surface area contributed by atoms with Crippen LogP contribution in [0.2, 0.25) is 0 Å². The Labute approximate surface area is 207 Å². The van der Waals surface area contributed by atoms with Gasteiger partial charge in [0, 0.05) is 23.2 Å². The lowest BCUT2D eigenvalue weighted by molar-refractivity contribution is 0.0997. The second-order valence-electron chi connectivity index (χ2n) is 8.97. The van der Waals surface area contributed by atoms with Gasteiger partial charge in [0.2, 0.25) is 5.95 Å². The Bertz CT molecular complexity index is 1590. The first-order valence-electron chi connectivity index (χ1n) is 11.9. The van der Waals surface area contributed by atoms with Gasteiger partial charge in [-0.1, -0.05) is 18.2 Å². The van der Waals surface area contributed by atoms with E-state index in [0.717, 1.165) is 58.5 Å². The quantitative estimate of drug-likeness (QED) is 0.302. The minimum absolute atomic E-state index is 0.243. The van der Waals surface area contributed by atoms with Crippen LogP contribution in [0.1, 0.15) is 39.5 Å². The highest BCUT2D eigenvalue weighted by atomic mass is 16.3. The van der Waals surface area contributed by atoms with Gasteiger partial charge in [0.1, 0.15) is 11.6 Å². The zero-order valence-corrected chi connectivity index (χ0v) is 19.8. The van der Waals surface area contributed by atoms with E-state index in [9.17, 15) is 9.90 Å². The van der Waals surface area contributed by atoms with E-state index in [-0.39, 0.29) is 17.4 Å². The second kappa shape index (κ2) is 8.88. The van der Waals surface area contributed by atoms with Crippen molar-refractivity contribution in [2.24, 2.45) is 0 Å². The van der Waals surface area contributed by atoms with Crippen LogP contribution in [0.15, 0.2) is 71.3 Å². The molecule has 0 aliphatic heterocycles. The lowest BCUT2D eigenvalue weighted by Gasteiger charge is -2.14. The third kappa shape index (κ3) is 3.96. The molecule has 0 bridgehead atoms. The molecule has 0 radical (unpaired) electrons. The highest BCUT2D eigenvalue weighted by Crippen LogP contribution is 2.32. The maximum absolute atomic E-state index is 12.6. The molecule has 2 aromatic carbocycles. The summed E-state index contributed by atoms with van der Waals surface area (Å²) in [5, 5.41) is 17.1. The van der Waals surface area contributed by atoms with Crippen molar-refractivity contribution in [3.8, 4) is 11.7 Å². The van der Waals surface area contributed by atoms with Crippen molar-refractivity contribution in [3.63, 3.8) is 0 Å². The number of aryl methyl sites for hydroxylation is 2. The molecule has 0 spiro atoms. The number of hydrogen-bond donors (Lipinski definition) is 3. The summed E-state index contributed by atoms with van der Waals surface area (Å²) in [6.45, 7) is 2.56. The Balaban J connectivity index is 1.38. The molecule has 0 saturated heterocycles. The average molecular weight is 480 g/mol. The molecule has 8 nitrogen and oxygen atoms in total. The molecule has 1 aliphatic rings. The van der Waals surface area contributed by atoms with Crippen LogP contribution in [0.5, 0.6) is 5.75 Å². The number of fused-ring (bicyclic) bond motifs is 2. The highest BCUT2D eigenvalue weighted by molar-refractivity contribution is 6.07. The molecule has 8 heteroatoms. The lowest BCUT2D eigenvalue weighted by Crippen LogP contribution is -2.12. The molecule has 0 fully saturated rings. The number of hydrogen-bond acceptors (Lipinski definition) is 6. The van der Waals surface area contributed by atoms with Crippen LogP contribution in [0.3, 0.4) is 0 Å². The number of benzene rings is 2. The fourth-order valence-corrected chi connectivity index (χ4v) is 4.85. The Morgan fingerprint density at radius 1 is 1.08 bits per heavy atom. The van der Waals surface area contributed by atoms with E-state index >= 15 is 0 Å². The van der Waals surface area contributed by atoms with Crippen molar-refractivity contribution in [1.29, 1.82) is 0 Å². The number of amides is 1. The zero-order chi connectivity index (χ0) is 24.6. The van der Waals surface area contributed by atoms with Gasteiger partial charge in [-0.2, -0.15) is 4.98 Å². The van der Waals surface area contributed by atoms with Crippen LogP contribution in [-0.2, 0) is 19.4 Å². The van der Waals surface area contributed by atoms with Crippen molar-refractivity contribution in [2.75, 3.05) is 10.6 Å². The van der Waals surface area contributed by atoms with Crippen molar-refractivity contribution in [3.05, 3.63) is 95.2 Å². The zero-order valence-electron chi connectivity index (χ0n) is 19.8. The molecular weight excluding hydrogens is 454 g/mol. The van der Waals surface area contributed by atoms with E-state index in [4.69, 9.17) is 14.4 Å². The first kappa shape index (κ1) is 21.9. The third-order valence-corrected chi connectivity index (χ3v) is 6.51. The van der Waals surface area contributed by atoms with Gasteiger partial charge in [0.05, 0.1) is 23.2 Å². The number of rotatable bonds is 6. The fourth-order valence-electron chi connectivity index (χ4n) is 4.85. The standard InChI is InChI=1S/C28H25N5O3/c1-17-14-21-23(30-27(35)25-12-5-13-36-25)10-4-11-24(21)33(17)28-31-22-9-3-8-20(22)26(32-28)29-16-18-6-2-7-19(34)15-18/h2,4-7,10-15,34H,3,8-9,16H2,1H3,(H,30,35)(H,29,31,32). The van der Waals surface area contributed by atoms with E-state index in [2.05, 4.69) is 10.6 Å². The lowest BCUT2D eigenvalue weighted by atomic mass is 10.2. The van der Waals surface area contributed by atoms with Crippen molar-refractivity contribution < 1.29 is 14.3 Å². The Kier molecular flexibility index (Phi) is 5.41. The average Bonchev–Trinajstić information content (AvgIpc) is 3.62. The second-order valence-corrected chi connectivity index (χ2v) is 8.97. The Hall–Kier alpha value is -4.59. The minimum atomic E-state index is -0.301. The molecule has 0 saturated carbocycles. The molecule has 36 heavy (non-hydrogen) atoms. The monoisotopic (exact) mass is 479 g/mol. The fraction of sp³-hybridized carbons (Fsp3) is 0.179. The maximum atomic E-state index is 12.6. The van der Waals surface area contributed by atoms with Crippen LogP contribution in [-0.4, -0.2) is 25.5 Å². The van der Waals surface area contributed by atoms with Gasteiger partial charge in [-0.3, -0.25) is 9.36 Å². The molecule has 3 N–H and O–H groups in total. The summed E-state index contributed by atoms with van der Waals surface area (Å²) in [6, 6.07) is 18.3. The number of phenols is 1. The molecule has 1 aliphatic carbocycles. The van der Waals surface area contributed by atoms with E-state index in [1.807, 2.05) is 47.9 Å². The van der Waals surface area contributed by atoms with E-state index in [1.165, 1.54) is 6.26 Å². The molecular formula is C28H25N5O3. The van der Waals surface area contributed by atoms with Gasteiger partial charge < -0.3 is 20.2 Å². The number of nitrogens with zero attached hydrogens (tertiary/aromatic N) is 3. The largest absolute Gasteiger partial charge is 0.508 e. The molecule has 3 aromatic heterocycles. The van der Waals surface area contributed by atoms with Crippen molar-refractivity contribution in [1.82, 2.24) is 14.5 Å². The SMILES string of the molecule is Cc1cc2c(NC(=O)c3ccco3)cccc2n1-c1nc2c(c(NCc3cccc(O)c3)n1)CCC2. The highest BCUT2D eigenvalue weighted by Gasteiger charge is 2.22. The number of carbonyl (C=O) groups is 1. The van der Waals surface area contributed by atoms with Gasteiger partial charge in [-0.15, -0.1) is 0 Å². The maximum Gasteiger partial charge on any atom is 0.291 e. The van der Waals surface area contributed by atoms with Crippen LogP contribution in [0, 0.1) is 6.92 Å². The number of aromatic nitrogens is 3. The minimum Gasteiger partial charge on any atom is -0.508 e. The topological polar surface area (TPSA) is 105 Å². The number of anilines is 2. The summed E-state index contributed by atoms with van der Waals surface area (Å²) >= 11 is 0. The Morgan fingerprint density at radius 3 is 2.81 bits per heavy atom. The van der Waals surface area contributed by atoms with Gasteiger partial charge in [-0.05, 0) is 74.2 Å². The predicted molar refractivity (Wildman–Crippen MR) is 138 cm³/mol. The summed E-state index contributed by atoms with van der Waals surface area (Å²) in [5.74, 6) is 1.61. The predicted octanol–water partition coefficient (Wildman–Crippen LogP) is 5.38. The van der Waals surface area contributed by atoms with Crippen LogP contribution >= 0.6 is 0 Å². The number of carbonyl (C=O) groups excluding carboxylic acids is 1. The molecule has 5 aromatic rings. The van der Waals surface area contributed by atoms with Gasteiger partial charge in [0.15, 0.2) is 5.76 Å². The molecule has 6 rings (SSSR count). The third-order valence-electron chi connectivity index (χ3n) is 6.51. The number of furan rings is 1. The van der Waals surface area contributed by atoms with Crippen LogP contribution < -0.4 is 10.6 Å². The summed E-state index contributed by atoms with van der Waals surface area (Å²) in [6.07, 6.45) is 4.37. The van der Waals surface area contributed by atoms with Gasteiger partial charge in [0.25, 0.3) is 5.91 Å². The van der Waals surface area contributed by atoms with Crippen molar-refractivity contribution in [2.45, 2.75) is 32.7 Å². The number of nitrogens with one attached hydrogen (secondary N) is 2. The molecule has 1 amide bonds. The smallest absolute Gasteiger partial charge is 0.291 e. The molecule has 3 heterocycles. The first-order chi connectivity index (χ1) is 17.6. The van der Waals surface area contributed by atoms with Crippen LogP contribution in [0.25, 0.3) is 16.9 Å². The first-order valence-corrected chi connectivity index (χ1v) is 11.9. The van der Waals surface area contributed by atoms with Crippen LogP contribution in [0.4, 0.5) is 11.5 Å². The summed E-state index contributed by atoms with van der Waals surface area (Å²) in [7, 11) is 0. The summed E-state index contributed by atoms with van der Waals surface area (Å²) in [4.78, 5) is 22.5. The summed E-state index contributed by atoms with van der Waals surface area (Å²) in [5.41, 5.74) is 5.74. The van der Waals surface area contributed by atoms with Gasteiger partial charge in [-0.25, -0.2) is 4.98 Å². The number of phenolic OH excluding ortho intramolecular Hbond substituents is 1. The Morgan fingerprint density at radius 2 is 1.97 bits per heavy atom. The van der Waals surface area contributed by atoms with E-state index in [1.54, 1.807) is 24.3 Å². The molecule has 180 valence electrons. The van der Waals surface area contributed by atoms with Gasteiger partial charge >= 0.3 is 0 Å². The normalized spacial score (nSPS) is 12.6. The molecule has 0 unspecified atom stereocenters. The van der Waals surface area contributed by atoms with E-state index < -0.39 is 0 Å². The number of aromatic hydroxyl groups is 1. The summed E-state index contributed by atoms with van der Waals surface area (Å²) < 4.78 is 7.26. The van der Waals surface area contributed by atoms with Crippen molar-refractivity contribution >= 4 is 28.3 Å².